The van der Waals surface area contributed by atoms with Crippen LogP contribution in [0.5, 0.6) is 0 Å². The van der Waals surface area contributed by atoms with Crippen molar-refractivity contribution in [1.29, 1.82) is 0 Å². The van der Waals surface area contributed by atoms with Crippen LogP contribution in [0.2, 0.25) is 0 Å². The zero-order valence-electron chi connectivity index (χ0n) is 18.3. The molecule has 172 valence electrons. The van der Waals surface area contributed by atoms with Crippen LogP contribution in [0.3, 0.4) is 0 Å². The topological polar surface area (TPSA) is 105 Å². The average Bonchev–Trinajstić information content (AvgIpc) is 3.42. The lowest BCUT2D eigenvalue weighted by Gasteiger charge is -2.58. The molecular formula is C26H20O8. The van der Waals surface area contributed by atoms with Gasteiger partial charge in [0, 0.05) is 23.3 Å². The molecule has 1 aliphatic carbocycles. The summed E-state index contributed by atoms with van der Waals surface area (Å²) in [6, 6.07) is 17.5. The normalized spacial score (nSPS) is 29.1. The maximum absolute atomic E-state index is 13.6. The molecule has 1 fully saturated rings. The quantitative estimate of drug-likeness (QED) is 0.641. The molecule has 2 unspecified atom stereocenters. The zero-order valence-corrected chi connectivity index (χ0v) is 18.3. The predicted molar refractivity (Wildman–Crippen MR) is 117 cm³/mol. The number of carbonyl (C=O) groups is 4. The van der Waals surface area contributed by atoms with Gasteiger partial charge in [0.1, 0.15) is 23.4 Å². The monoisotopic (exact) mass is 460 g/mol. The number of rotatable bonds is 4. The van der Waals surface area contributed by atoms with Crippen molar-refractivity contribution in [2.24, 2.45) is 11.8 Å². The Morgan fingerprint density at radius 2 is 1.03 bits per heavy atom. The summed E-state index contributed by atoms with van der Waals surface area (Å²) in [7, 11) is 2.26. The Kier molecular flexibility index (Phi) is 4.89. The fourth-order valence-electron chi connectivity index (χ4n) is 5.09. The van der Waals surface area contributed by atoms with E-state index < -0.39 is 46.5 Å². The molecule has 0 aromatic heterocycles. The number of methoxy groups -OCH3 is 2. The minimum atomic E-state index is -2.13. The largest absolute Gasteiger partial charge is 0.473 e. The van der Waals surface area contributed by atoms with Gasteiger partial charge in [-0.3, -0.25) is 19.2 Å². The molecule has 8 heteroatoms. The second-order valence-corrected chi connectivity index (χ2v) is 8.15. The van der Waals surface area contributed by atoms with Gasteiger partial charge in [0.2, 0.25) is 22.8 Å². The molecule has 3 aliphatic rings. The standard InChI is InChI=1S/C26H20O8/c1-31-23(29)21-22(24(30)32-2)26(20(28)14-18(34-26)16-11-7-4-8-12-16)25(21)19(27)13-17(33-25)15-9-5-3-6-10-15/h3-14,21-22H,1-2H3/t21-,22+,25?,26?. The van der Waals surface area contributed by atoms with Crippen LogP contribution >= 0.6 is 0 Å². The summed E-state index contributed by atoms with van der Waals surface area (Å²) < 4.78 is 22.2. The molecule has 0 amide bonds. The molecule has 2 heterocycles. The van der Waals surface area contributed by atoms with E-state index in [0.29, 0.717) is 11.1 Å². The summed E-state index contributed by atoms with van der Waals surface area (Å²) in [4.78, 5) is 53.0. The molecule has 0 bridgehead atoms. The second kappa shape index (κ2) is 7.69. The molecule has 2 aliphatic heterocycles. The smallest absolute Gasteiger partial charge is 0.314 e. The van der Waals surface area contributed by atoms with Crippen molar-refractivity contribution in [3.8, 4) is 0 Å². The van der Waals surface area contributed by atoms with Crippen LogP contribution in [-0.4, -0.2) is 48.9 Å². The predicted octanol–water partition coefficient (Wildman–Crippen LogP) is 2.34. The summed E-state index contributed by atoms with van der Waals surface area (Å²) >= 11 is 0. The third-order valence-corrected chi connectivity index (χ3v) is 6.59. The number of ether oxygens (including phenoxy) is 4. The molecule has 4 atom stereocenters. The summed E-state index contributed by atoms with van der Waals surface area (Å²) in [5.41, 5.74) is -3.13. The number of hydrogen-bond acceptors (Lipinski definition) is 8. The van der Waals surface area contributed by atoms with Crippen LogP contribution in [0.15, 0.2) is 72.8 Å². The number of fused-ring (bicyclic) bond motifs is 1. The van der Waals surface area contributed by atoms with Crippen LogP contribution in [-0.2, 0) is 38.1 Å². The van der Waals surface area contributed by atoms with Gasteiger partial charge < -0.3 is 18.9 Å². The van der Waals surface area contributed by atoms with E-state index in [0.717, 1.165) is 14.2 Å². The first kappa shape index (κ1) is 21.6. The van der Waals surface area contributed by atoms with Crippen LogP contribution < -0.4 is 0 Å². The van der Waals surface area contributed by atoms with Gasteiger partial charge in [0.05, 0.1) is 14.2 Å². The average molecular weight is 460 g/mol. The van der Waals surface area contributed by atoms with Gasteiger partial charge in [-0.15, -0.1) is 0 Å². The van der Waals surface area contributed by atoms with Crippen molar-refractivity contribution in [3.05, 3.63) is 83.9 Å². The lowest BCUT2D eigenvalue weighted by Crippen LogP contribution is -2.84. The number of esters is 2. The van der Waals surface area contributed by atoms with Crippen molar-refractivity contribution < 1.29 is 38.1 Å². The van der Waals surface area contributed by atoms with E-state index >= 15 is 0 Å². The SMILES string of the molecule is COC(=O)[C@@H]1[C@H](C(=O)OC)C2(OC(c3ccccc3)=CC2=O)C12OC(c1ccccc1)=CC2=O. The van der Waals surface area contributed by atoms with Crippen molar-refractivity contribution in [2.75, 3.05) is 14.2 Å². The summed E-state index contributed by atoms with van der Waals surface area (Å²) in [6.07, 6.45) is 2.44. The minimum absolute atomic E-state index is 0.159. The first-order valence-corrected chi connectivity index (χ1v) is 10.6. The summed E-state index contributed by atoms with van der Waals surface area (Å²) in [5.74, 6) is -5.71. The summed E-state index contributed by atoms with van der Waals surface area (Å²) in [5, 5.41) is 0. The molecule has 2 aromatic rings. The van der Waals surface area contributed by atoms with Crippen LogP contribution in [0, 0.1) is 11.8 Å². The molecule has 2 aromatic carbocycles. The van der Waals surface area contributed by atoms with Crippen LogP contribution in [0.25, 0.3) is 11.5 Å². The Morgan fingerprint density at radius 3 is 1.35 bits per heavy atom. The van der Waals surface area contributed by atoms with Gasteiger partial charge in [-0.05, 0) is 0 Å². The molecule has 34 heavy (non-hydrogen) atoms. The fraction of sp³-hybridized carbons (Fsp3) is 0.231. The van der Waals surface area contributed by atoms with Gasteiger partial charge in [0.25, 0.3) is 0 Å². The Hall–Kier alpha value is -4.20. The highest BCUT2D eigenvalue weighted by molar-refractivity contribution is 6.21. The van der Waals surface area contributed by atoms with Crippen molar-refractivity contribution in [1.82, 2.24) is 0 Å². The lowest BCUT2D eigenvalue weighted by atomic mass is 9.47. The van der Waals surface area contributed by atoms with Crippen molar-refractivity contribution in [2.45, 2.75) is 11.2 Å². The van der Waals surface area contributed by atoms with E-state index in [-0.39, 0.29) is 11.5 Å². The van der Waals surface area contributed by atoms with Gasteiger partial charge in [0.15, 0.2) is 0 Å². The minimum Gasteiger partial charge on any atom is -0.473 e. The lowest BCUT2D eigenvalue weighted by molar-refractivity contribution is -0.260. The molecule has 8 nitrogen and oxygen atoms in total. The first-order chi connectivity index (χ1) is 16.4. The third-order valence-electron chi connectivity index (χ3n) is 6.59. The first-order valence-electron chi connectivity index (χ1n) is 10.6. The number of ketones is 2. The van der Waals surface area contributed by atoms with Gasteiger partial charge in [-0.1, -0.05) is 60.7 Å². The molecular weight excluding hydrogens is 440 g/mol. The van der Waals surface area contributed by atoms with E-state index in [1.54, 1.807) is 60.7 Å². The Morgan fingerprint density at radius 1 is 0.676 bits per heavy atom. The van der Waals surface area contributed by atoms with Gasteiger partial charge in [-0.25, -0.2) is 0 Å². The Balaban J connectivity index is 1.66. The maximum Gasteiger partial charge on any atom is 0.314 e. The molecule has 2 spiro atoms. The molecule has 0 saturated heterocycles. The summed E-state index contributed by atoms with van der Waals surface area (Å²) in [6.45, 7) is 0. The van der Waals surface area contributed by atoms with E-state index in [1.807, 2.05) is 0 Å². The number of carbonyl (C=O) groups excluding carboxylic acids is 4. The van der Waals surface area contributed by atoms with Crippen LogP contribution in [0.1, 0.15) is 11.1 Å². The third kappa shape index (κ3) is 2.65. The number of benzene rings is 2. The van der Waals surface area contributed by atoms with E-state index in [4.69, 9.17) is 18.9 Å². The van der Waals surface area contributed by atoms with E-state index in [2.05, 4.69) is 0 Å². The van der Waals surface area contributed by atoms with Crippen molar-refractivity contribution >= 4 is 35.0 Å². The fourth-order valence-corrected chi connectivity index (χ4v) is 5.09. The van der Waals surface area contributed by atoms with Crippen LogP contribution in [0.4, 0.5) is 0 Å². The van der Waals surface area contributed by atoms with Crippen molar-refractivity contribution in [3.63, 3.8) is 0 Å². The van der Waals surface area contributed by atoms with Gasteiger partial charge in [-0.2, -0.15) is 0 Å². The highest BCUT2D eigenvalue weighted by Gasteiger charge is 2.89. The van der Waals surface area contributed by atoms with E-state index in [1.165, 1.54) is 12.2 Å². The number of hydrogen-bond donors (Lipinski definition) is 0. The Bertz CT molecular complexity index is 1160. The van der Waals surface area contributed by atoms with E-state index in [9.17, 15) is 19.2 Å². The Labute approximate surface area is 194 Å². The molecule has 5 rings (SSSR count). The molecule has 1 saturated carbocycles. The highest BCUT2D eigenvalue weighted by atomic mass is 16.6. The molecule has 0 radical (unpaired) electrons. The molecule has 0 N–H and O–H groups in total. The second-order valence-electron chi connectivity index (χ2n) is 8.15. The maximum atomic E-state index is 13.6. The zero-order chi connectivity index (χ0) is 24.1. The highest BCUT2D eigenvalue weighted by Crippen LogP contribution is 2.64. The van der Waals surface area contributed by atoms with Gasteiger partial charge >= 0.3 is 11.9 Å².